The maximum atomic E-state index is 13.6. The van der Waals surface area contributed by atoms with Gasteiger partial charge in [0, 0.05) is 35.2 Å². The van der Waals surface area contributed by atoms with Gasteiger partial charge in [0.15, 0.2) is 5.78 Å². The predicted octanol–water partition coefficient (Wildman–Crippen LogP) is 4.01. The van der Waals surface area contributed by atoms with Gasteiger partial charge in [0.2, 0.25) is 0 Å². The van der Waals surface area contributed by atoms with Gasteiger partial charge in [-0.15, -0.1) is 0 Å². The Morgan fingerprint density at radius 2 is 2.04 bits per heavy atom. The van der Waals surface area contributed by atoms with Gasteiger partial charge < -0.3 is 4.74 Å². The fourth-order valence-electron chi connectivity index (χ4n) is 3.57. The summed E-state index contributed by atoms with van der Waals surface area (Å²) in [4.78, 5) is 14.7. The fourth-order valence-corrected chi connectivity index (χ4v) is 3.70. The smallest absolute Gasteiger partial charge is 0.164 e. The highest BCUT2D eigenvalue weighted by Gasteiger charge is 2.39. The third kappa shape index (κ3) is 2.86. The lowest BCUT2D eigenvalue weighted by Gasteiger charge is -2.33. The normalized spacial score (nSPS) is 22.9. The van der Waals surface area contributed by atoms with Crippen LogP contribution in [0, 0.1) is 5.82 Å². The SMILES string of the molecule is O=C(C[C@@H]1CO[C@H]2c3cc(F)ccc3CCN12)c1ccc(Cl)cc1. The highest BCUT2D eigenvalue weighted by Crippen LogP contribution is 2.38. The van der Waals surface area contributed by atoms with Gasteiger partial charge in [0.25, 0.3) is 0 Å². The first-order valence-corrected chi connectivity index (χ1v) is 8.44. The summed E-state index contributed by atoms with van der Waals surface area (Å²) in [6, 6.07) is 11.8. The van der Waals surface area contributed by atoms with Gasteiger partial charge in [-0.2, -0.15) is 0 Å². The van der Waals surface area contributed by atoms with Crippen molar-refractivity contribution in [2.45, 2.75) is 25.1 Å². The Morgan fingerprint density at radius 3 is 2.83 bits per heavy atom. The number of carbonyl (C=O) groups is 1. The van der Waals surface area contributed by atoms with Crippen molar-refractivity contribution >= 4 is 17.4 Å². The van der Waals surface area contributed by atoms with Crippen LogP contribution in [0.5, 0.6) is 0 Å². The summed E-state index contributed by atoms with van der Waals surface area (Å²) in [6.45, 7) is 1.31. The molecule has 0 saturated carbocycles. The van der Waals surface area contributed by atoms with Crippen molar-refractivity contribution in [1.29, 1.82) is 0 Å². The monoisotopic (exact) mass is 345 g/mol. The van der Waals surface area contributed by atoms with Gasteiger partial charge in [-0.1, -0.05) is 17.7 Å². The van der Waals surface area contributed by atoms with E-state index in [9.17, 15) is 9.18 Å². The van der Waals surface area contributed by atoms with Crippen molar-refractivity contribution in [2.75, 3.05) is 13.2 Å². The molecule has 4 rings (SSSR count). The molecule has 24 heavy (non-hydrogen) atoms. The lowest BCUT2D eigenvalue weighted by Crippen LogP contribution is -2.39. The van der Waals surface area contributed by atoms with E-state index in [2.05, 4.69) is 4.90 Å². The molecular weight excluding hydrogens is 329 g/mol. The number of carbonyl (C=O) groups excluding carboxylic acids is 1. The number of hydrogen-bond acceptors (Lipinski definition) is 3. The third-order valence-corrected chi connectivity index (χ3v) is 5.07. The Hall–Kier alpha value is -1.75. The predicted molar refractivity (Wildman–Crippen MR) is 89.7 cm³/mol. The van der Waals surface area contributed by atoms with Gasteiger partial charge in [-0.3, -0.25) is 9.69 Å². The highest BCUT2D eigenvalue weighted by atomic mass is 35.5. The minimum Gasteiger partial charge on any atom is -0.357 e. The molecule has 0 radical (unpaired) electrons. The lowest BCUT2D eigenvalue weighted by molar-refractivity contribution is 0.0213. The number of nitrogens with zero attached hydrogens (tertiary/aromatic N) is 1. The van der Waals surface area contributed by atoms with Crippen molar-refractivity contribution in [1.82, 2.24) is 4.90 Å². The zero-order chi connectivity index (χ0) is 16.7. The standard InChI is InChI=1S/C19H17ClFNO2/c20-14-4-1-13(2-5-14)18(23)10-16-11-24-19-17-9-15(21)6-3-12(17)7-8-22(16)19/h1-6,9,16,19H,7-8,10-11H2/t16-,19+/m1/s1. The highest BCUT2D eigenvalue weighted by molar-refractivity contribution is 6.30. The number of ether oxygens (including phenoxy) is 1. The first-order valence-electron chi connectivity index (χ1n) is 8.06. The molecule has 2 aromatic carbocycles. The molecule has 2 aliphatic heterocycles. The van der Waals surface area contributed by atoms with E-state index in [0.717, 1.165) is 24.1 Å². The zero-order valence-corrected chi connectivity index (χ0v) is 13.8. The number of ketones is 1. The average Bonchev–Trinajstić information content (AvgIpc) is 2.99. The summed E-state index contributed by atoms with van der Waals surface area (Å²) in [6.07, 6.45) is 0.997. The van der Waals surface area contributed by atoms with E-state index < -0.39 is 0 Å². The quantitative estimate of drug-likeness (QED) is 0.787. The molecule has 1 saturated heterocycles. The van der Waals surface area contributed by atoms with Crippen molar-refractivity contribution in [3.8, 4) is 0 Å². The molecule has 0 aliphatic carbocycles. The van der Waals surface area contributed by atoms with Crippen LogP contribution in [0.1, 0.15) is 34.1 Å². The van der Waals surface area contributed by atoms with E-state index >= 15 is 0 Å². The lowest BCUT2D eigenvalue weighted by atomic mass is 9.96. The van der Waals surface area contributed by atoms with Crippen LogP contribution in [0.4, 0.5) is 4.39 Å². The van der Waals surface area contributed by atoms with Crippen LogP contribution in [0.3, 0.4) is 0 Å². The molecule has 0 amide bonds. The maximum absolute atomic E-state index is 13.6. The Labute approximate surface area is 145 Å². The van der Waals surface area contributed by atoms with Crippen molar-refractivity contribution in [3.63, 3.8) is 0 Å². The van der Waals surface area contributed by atoms with E-state index in [1.165, 1.54) is 6.07 Å². The van der Waals surface area contributed by atoms with E-state index in [4.69, 9.17) is 16.3 Å². The Balaban J connectivity index is 1.51. The largest absolute Gasteiger partial charge is 0.357 e. The molecule has 124 valence electrons. The van der Waals surface area contributed by atoms with Crippen molar-refractivity contribution in [3.05, 3.63) is 70.0 Å². The van der Waals surface area contributed by atoms with Crippen LogP contribution >= 0.6 is 11.6 Å². The van der Waals surface area contributed by atoms with Crippen LogP contribution in [-0.2, 0) is 11.2 Å². The molecule has 2 aromatic rings. The van der Waals surface area contributed by atoms with Crippen molar-refractivity contribution in [2.24, 2.45) is 0 Å². The average molecular weight is 346 g/mol. The van der Waals surface area contributed by atoms with Crippen LogP contribution in [0.15, 0.2) is 42.5 Å². The van der Waals surface area contributed by atoms with Gasteiger partial charge >= 0.3 is 0 Å². The molecule has 0 bridgehead atoms. The molecule has 2 aliphatic rings. The van der Waals surface area contributed by atoms with Crippen LogP contribution in [0.25, 0.3) is 0 Å². The number of benzene rings is 2. The van der Waals surface area contributed by atoms with Crippen LogP contribution in [-0.4, -0.2) is 29.9 Å². The number of fused-ring (bicyclic) bond motifs is 3. The fraction of sp³-hybridized carbons (Fsp3) is 0.316. The second-order valence-corrected chi connectivity index (χ2v) is 6.74. The van der Waals surface area contributed by atoms with E-state index in [0.29, 0.717) is 23.6 Å². The van der Waals surface area contributed by atoms with Crippen molar-refractivity contribution < 1.29 is 13.9 Å². The minimum atomic E-state index is -0.250. The van der Waals surface area contributed by atoms with Gasteiger partial charge in [-0.05, 0) is 48.4 Å². The summed E-state index contributed by atoms with van der Waals surface area (Å²) < 4.78 is 19.5. The Morgan fingerprint density at radius 1 is 1.25 bits per heavy atom. The zero-order valence-electron chi connectivity index (χ0n) is 13.0. The molecule has 2 heterocycles. The second-order valence-electron chi connectivity index (χ2n) is 6.30. The maximum Gasteiger partial charge on any atom is 0.164 e. The third-order valence-electron chi connectivity index (χ3n) is 4.82. The summed E-state index contributed by atoms with van der Waals surface area (Å²) >= 11 is 5.87. The molecule has 0 N–H and O–H groups in total. The first kappa shape index (κ1) is 15.8. The van der Waals surface area contributed by atoms with Gasteiger partial charge in [-0.25, -0.2) is 4.39 Å². The van der Waals surface area contributed by atoms with Crippen LogP contribution in [0.2, 0.25) is 5.02 Å². The Bertz CT molecular complexity index is 777. The van der Waals surface area contributed by atoms with E-state index in [1.807, 2.05) is 6.07 Å². The molecular formula is C19H17ClFNO2. The molecule has 3 nitrogen and oxygen atoms in total. The molecule has 5 heteroatoms. The summed E-state index contributed by atoms with van der Waals surface area (Å²) in [7, 11) is 0. The Kier molecular flexibility index (Phi) is 4.12. The van der Waals surface area contributed by atoms with Crippen LogP contribution < -0.4 is 0 Å². The van der Waals surface area contributed by atoms with Gasteiger partial charge in [0.05, 0.1) is 6.61 Å². The summed E-state index contributed by atoms with van der Waals surface area (Å²) in [5, 5.41) is 0.616. The topological polar surface area (TPSA) is 29.5 Å². The number of rotatable bonds is 3. The number of halogens is 2. The van der Waals surface area contributed by atoms with Gasteiger partial charge in [0.1, 0.15) is 12.0 Å². The molecule has 2 atom stereocenters. The molecule has 0 unspecified atom stereocenters. The number of Topliss-reactive ketones (excluding diaryl/α,β-unsaturated/α-hetero) is 1. The molecule has 1 fully saturated rings. The summed E-state index contributed by atoms with van der Waals surface area (Å²) in [5.74, 6) is -0.175. The molecule has 0 aromatic heterocycles. The number of hydrogen-bond donors (Lipinski definition) is 0. The first-order chi connectivity index (χ1) is 11.6. The summed E-state index contributed by atoms with van der Waals surface area (Å²) in [5.41, 5.74) is 2.68. The minimum absolute atomic E-state index is 0.0228. The van der Waals surface area contributed by atoms with E-state index in [1.54, 1.807) is 30.3 Å². The molecule has 0 spiro atoms. The second kappa shape index (κ2) is 6.28. The van der Waals surface area contributed by atoms with E-state index in [-0.39, 0.29) is 23.9 Å².